The fourth-order valence-corrected chi connectivity index (χ4v) is 4.81. The van der Waals surface area contributed by atoms with Crippen LogP contribution in [-0.4, -0.2) is 32.9 Å². The molecule has 3 heterocycles. The van der Waals surface area contributed by atoms with E-state index < -0.39 is 0 Å². The normalized spacial score (nSPS) is 17.2. The van der Waals surface area contributed by atoms with E-state index >= 15 is 0 Å². The van der Waals surface area contributed by atoms with Gasteiger partial charge in [-0.1, -0.05) is 29.8 Å². The molecular weight excluding hydrogens is 370 g/mol. The first-order valence-electron chi connectivity index (χ1n) is 9.88. The summed E-state index contributed by atoms with van der Waals surface area (Å²) in [4.78, 5) is 32.9. The zero-order valence-electron chi connectivity index (χ0n) is 16.4. The van der Waals surface area contributed by atoms with Crippen molar-refractivity contribution in [2.24, 2.45) is 0 Å². The number of thiophene rings is 1. The molecule has 1 fully saturated rings. The minimum absolute atomic E-state index is 0.0682. The summed E-state index contributed by atoms with van der Waals surface area (Å²) in [5.74, 6) is 0.128. The Morgan fingerprint density at radius 2 is 2.04 bits per heavy atom. The molecule has 1 aliphatic heterocycles. The van der Waals surface area contributed by atoms with Gasteiger partial charge in [-0.25, -0.2) is 4.98 Å². The topological polar surface area (TPSA) is 55.2 Å². The Hall–Kier alpha value is -2.47. The van der Waals surface area contributed by atoms with Crippen molar-refractivity contribution >= 4 is 27.5 Å². The van der Waals surface area contributed by atoms with Crippen molar-refractivity contribution in [1.29, 1.82) is 0 Å². The Labute approximate surface area is 168 Å². The molecule has 2 aromatic heterocycles. The van der Waals surface area contributed by atoms with E-state index in [9.17, 15) is 9.59 Å². The van der Waals surface area contributed by atoms with Crippen molar-refractivity contribution in [2.45, 2.75) is 52.1 Å². The number of aryl methyl sites for hydroxylation is 2. The number of hydrogen-bond donors (Lipinski definition) is 0. The van der Waals surface area contributed by atoms with E-state index in [-0.39, 0.29) is 11.5 Å². The van der Waals surface area contributed by atoms with E-state index in [1.54, 1.807) is 10.9 Å². The monoisotopic (exact) mass is 395 g/mol. The van der Waals surface area contributed by atoms with E-state index in [1.165, 1.54) is 23.3 Å². The summed E-state index contributed by atoms with van der Waals surface area (Å²) >= 11 is 1.48. The van der Waals surface area contributed by atoms with Gasteiger partial charge in [-0.2, -0.15) is 0 Å². The molecule has 1 aromatic carbocycles. The molecule has 5 nitrogen and oxygen atoms in total. The molecule has 28 heavy (non-hydrogen) atoms. The van der Waals surface area contributed by atoms with Gasteiger partial charge in [0.2, 0.25) is 5.91 Å². The third-order valence-electron chi connectivity index (χ3n) is 5.61. The first kappa shape index (κ1) is 18.9. The van der Waals surface area contributed by atoms with Crippen LogP contribution in [0.4, 0.5) is 0 Å². The number of aromatic nitrogens is 2. The predicted octanol–water partition coefficient (Wildman–Crippen LogP) is 4.22. The van der Waals surface area contributed by atoms with Gasteiger partial charge in [-0.3, -0.25) is 14.2 Å². The molecule has 0 aliphatic carbocycles. The SMILES string of the molecule is Cc1ccc(-c2csc3ncn(CCC(=O)N4CCCCC4C)c(=O)c23)cc1. The second kappa shape index (κ2) is 7.87. The van der Waals surface area contributed by atoms with Crippen LogP contribution in [0, 0.1) is 6.92 Å². The molecular formula is C22H25N3O2S. The molecule has 146 valence electrons. The van der Waals surface area contributed by atoms with Crippen molar-refractivity contribution in [3.05, 3.63) is 51.9 Å². The maximum absolute atomic E-state index is 13.1. The molecule has 1 atom stereocenters. The van der Waals surface area contributed by atoms with Gasteiger partial charge in [0, 0.05) is 36.5 Å². The summed E-state index contributed by atoms with van der Waals surface area (Å²) < 4.78 is 1.58. The Balaban J connectivity index is 1.59. The van der Waals surface area contributed by atoms with Crippen LogP contribution < -0.4 is 5.56 Å². The second-order valence-electron chi connectivity index (χ2n) is 7.62. The number of amides is 1. The van der Waals surface area contributed by atoms with Gasteiger partial charge in [0.1, 0.15) is 4.83 Å². The molecule has 0 saturated carbocycles. The first-order chi connectivity index (χ1) is 13.5. The number of rotatable bonds is 4. The highest BCUT2D eigenvalue weighted by Gasteiger charge is 2.23. The molecule has 0 bridgehead atoms. The summed E-state index contributed by atoms with van der Waals surface area (Å²) in [5, 5.41) is 2.64. The highest BCUT2D eigenvalue weighted by atomic mass is 32.1. The number of benzene rings is 1. The number of piperidine rings is 1. The highest BCUT2D eigenvalue weighted by Crippen LogP contribution is 2.30. The number of fused-ring (bicyclic) bond motifs is 1. The van der Waals surface area contributed by atoms with Gasteiger partial charge >= 0.3 is 0 Å². The number of carbonyl (C=O) groups excluding carboxylic acids is 1. The summed E-state index contributed by atoms with van der Waals surface area (Å²) in [6, 6.07) is 8.46. The third-order valence-corrected chi connectivity index (χ3v) is 6.50. The average Bonchev–Trinajstić information content (AvgIpc) is 3.13. The smallest absolute Gasteiger partial charge is 0.262 e. The van der Waals surface area contributed by atoms with Gasteiger partial charge in [-0.05, 0) is 38.7 Å². The zero-order valence-corrected chi connectivity index (χ0v) is 17.2. The largest absolute Gasteiger partial charge is 0.340 e. The van der Waals surface area contributed by atoms with E-state index in [1.807, 2.05) is 41.5 Å². The number of nitrogens with zero attached hydrogens (tertiary/aromatic N) is 3. The molecule has 1 unspecified atom stereocenters. The van der Waals surface area contributed by atoms with Gasteiger partial charge in [0.25, 0.3) is 5.56 Å². The molecule has 0 N–H and O–H groups in total. The lowest BCUT2D eigenvalue weighted by Gasteiger charge is -2.33. The third kappa shape index (κ3) is 3.61. The van der Waals surface area contributed by atoms with Crippen molar-refractivity contribution < 1.29 is 4.79 Å². The van der Waals surface area contributed by atoms with Crippen LogP contribution in [0.1, 0.15) is 38.2 Å². The fraction of sp³-hybridized carbons (Fsp3) is 0.409. The lowest BCUT2D eigenvalue weighted by Crippen LogP contribution is -2.42. The summed E-state index contributed by atoms with van der Waals surface area (Å²) in [5.41, 5.74) is 3.06. The van der Waals surface area contributed by atoms with Gasteiger partial charge in [0.05, 0.1) is 11.7 Å². The molecule has 0 spiro atoms. The Bertz CT molecular complexity index is 1050. The Morgan fingerprint density at radius 1 is 1.25 bits per heavy atom. The molecule has 6 heteroatoms. The van der Waals surface area contributed by atoms with Crippen LogP contribution in [0.15, 0.2) is 40.8 Å². The van der Waals surface area contributed by atoms with Crippen LogP contribution >= 0.6 is 11.3 Å². The molecule has 4 rings (SSSR count). The molecule has 0 radical (unpaired) electrons. The highest BCUT2D eigenvalue weighted by molar-refractivity contribution is 7.17. The van der Waals surface area contributed by atoms with Crippen LogP contribution in [-0.2, 0) is 11.3 Å². The zero-order chi connectivity index (χ0) is 19.7. The quantitative estimate of drug-likeness (QED) is 0.664. The van der Waals surface area contributed by atoms with E-state index in [2.05, 4.69) is 11.9 Å². The lowest BCUT2D eigenvalue weighted by molar-refractivity contribution is -0.134. The second-order valence-corrected chi connectivity index (χ2v) is 8.48. The predicted molar refractivity (Wildman–Crippen MR) is 114 cm³/mol. The fourth-order valence-electron chi connectivity index (χ4n) is 3.90. The number of likely N-dealkylation sites (tertiary alicyclic amines) is 1. The molecule has 3 aromatic rings. The maximum Gasteiger partial charge on any atom is 0.262 e. The Kier molecular flexibility index (Phi) is 5.31. The minimum atomic E-state index is -0.0682. The van der Waals surface area contributed by atoms with Gasteiger partial charge in [-0.15, -0.1) is 11.3 Å². The van der Waals surface area contributed by atoms with E-state index in [4.69, 9.17) is 0 Å². The lowest BCUT2D eigenvalue weighted by atomic mass is 10.0. The molecule has 1 aliphatic rings. The summed E-state index contributed by atoms with van der Waals surface area (Å²) in [6.07, 6.45) is 5.23. The van der Waals surface area contributed by atoms with Gasteiger partial charge in [0.15, 0.2) is 0 Å². The van der Waals surface area contributed by atoms with Crippen LogP contribution in [0.25, 0.3) is 21.3 Å². The summed E-state index contributed by atoms with van der Waals surface area (Å²) in [7, 11) is 0. The number of hydrogen-bond acceptors (Lipinski definition) is 4. The Morgan fingerprint density at radius 3 is 2.79 bits per heavy atom. The van der Waals surface area contributed by atoms with Crippen molar-refractivity contribution in [1.82, 2.24) is 14.5 Å². The van der Waals surface area contributed by atoms with Crippen LogP contribution in [0.5, 0.6) is 0 Å². The van der Waals surface area contributed by atoms with Crippen LogP contribution in [0.2, 0.25) is 0 Å². The van der Waals surface area contributed by atoms with Crippen LogP contribution in [0.3, 0.4) is 0 Å². The van der Waals surface area contributed by atoms with E-state index in [0.29, 0.717) is 24.4 Å². The maximum atomic E-state index is 13.1. The average molecular weight is 396 g/mol. The van der Waals surface area contributed by atoms with Gasteiger partial charge < -0.3 is 4.90 Å². The number of carbonyl (C=O) groups is 1. The molecule has 1 amide bonds. The minimum Gasteiger partial charge on any atom is -0.340 e. The standard InChI is InChI=1S/C22H25N3O2S/c1-15-6-8-17(9-7-15)18-13-28-21-20(18)22(27)24(14-23-21)12-10-19(26)25-11-4-3-5-16(25)2/h6-9,13-14,16H,3-5,10-12H2,1-2H3. The van der Waals surface area contributed by atoms with Crippen molar-refractivity contribution in [2.75, 3.05) is 6.54 Å². The van der Waals surface area contributed by atoms with Crippen molar-refractivity contribution in [3.8, 4) is 11.1 Å². The summed E-state index contributed by atoms with van der Waals surface area (Å²) in [6.45, 7) is 5.35. The molecule has 1 saturated heterocycles. The first-order valence-corrected chi connectivity index (χ1v) is 10.8. The van der Waals surface area contributed by atoms with E-state index in [0.717, 1.165) is 35.3 Å². The van der Waals surface area contributed by atoms with Crippen molar-refractivity contribution in [3.63, 3.8) is 0 Å².